The lowest BCUT2D eigenvalue weighted by Gasteiger charge is -2.01. The summed E-state index contributed by atoms with van der Waals surface area (Å²) in [5, 5.41) is 0. The molecule has 0 spiro atoms. The zero-order chi connectivity index (χ0) is 8.97. The molecule has 0 fully saturated rings. The summed E-state index contributed by atoms with van der Waals surface area (Å²) in [6.07, 6.45) is 1.50. The molecule has 0 amide bonds. The molecule has 0 aliphatic rings. The van der Waals surface area contributed by atoms with Gasteiger partial charge in [0.2, 0.25) is 6.08 Å². The average molecular weight is 162 g/mol. The molecule has 0 saturated heterocycles. The van der Waals surface area contributed by atoms with Crippen molar-refractivity contribution in [2.75, 3.05) is 0 Å². The minimum Gasteiger partial charge on any atom is -0.326 e. The molecule has 0 atom stereocenters. The van der Waals surface area contributed by atoms with Gasteiger partial charge in [0.05, 0.1) is 5.69 Å². The fourth-order valence-corrected chi connectivity index (χ4v) is 1.04. The SMILES string of the molecule is Cc1ccc(N=C=O)c(CN)c1. The summed E-state index contributed by atoms with van der Waals surface area (Å²) < 4.78 is 0. The van der Waals surface area contributed by atoms with Gasteiger partial charge in [-0.15, -0.1) is 0 Å². The predicted molar refractivity (Wildman–Crippen MR) is 46.9 cm³/mol. The first-order valence-corrected chi connectivity index (χ1v) is 3.65. The van der Waals surface area contributed by atoms with Gasteiger partial charge < -0.3 is 5.73 Å². The highest BCUT2D eigenvalue weighted by Gasteiger charge is 1.98. The third kappa shape index (κ3) is 1.78. The quantitative estimate of drug-likeness (QED) is 0.528. The van der Waals surface area contributed by atoms with Gasteiger partial charge in [0.25, 0.3) is 0 Å². The molecule has 1 aromatic rings. The minimum atomic E-state index is 0.391. The molecule has 1 rings (SSSR count). The topological polar surface area (TPSA) is 55.5 Å². The molecule has 2 N–H and O–H groups in total. The molecule has 62 valence electrons. The van der Waals surface area contributed by atoms with Crippen LogP contribution in [0.4, 0.5) is 5.69 Å². The number of hydrogen-bond acceptors (Lipinski definition) is 3. The Morgan fingerprint density at radius 3 is 2.92 bits per heavy atom. The van der Waals surface area contributed by atoms with Crippen molar-refractivity contribution in [2.45, 2.75) is 13.5 Å². The van der Waals surface area contributed by atoms with E-state index in [1.165, 1.54) is 6.08 Å². The third-order valence-electron chi connectivity index (χ3n) is 1.62. The second-order valence-corrected chi connectivity index (χ2v) is 2.54. The van der Waals surface area contributed by atoms with Gasteiger partial charge in [-0.3, -0.25) is 0 Å². The molecule has 0 heterocycles. The van der Waals surface area contributed by atoms with E-state index in [2.05, 4.69) is 4.99 Å². The normalized spacial score (nSPS) is 9.17. The van der Waals surface area contributed by atoms with Gasteiger partial charge in [0.15, 0.2) is 0 Å². The maximum atomic E-state index is 9.99. The summed E-state index contributed by atoms with van der Waals surface area (Å²) in [6, 6.07) is 5.56. The van der Waals surface area contributed by atoms with Crippen LogP contribution >= 0.6 is 0 Å². The van der Waals surface area contributed by atoms with Crippen molar-refractivity contribution >= 4 is 11.8 Å². The van der Waals surface area contributed by atoms with Gasteiger partial charge in [-0.25, -0.2) is 4.79 Å². The van der Waals surface area contributed by atoms with Crippen LogP contribution in [0.1, 0.15) is 11.1 Å². The molecule has 0 aliphatic carbocycles. The highest BCUT2D eigenvalue weighted by molar-refractivity contribution is 5.54. The van der Waals surface area contributed by atoms with Crippen LogP contribution in [0.15, 0.2) is 23.2 Å². The summed E-state index contributed by atoms with van der Waals surface area (Å²) in [5.74, 6) is 0. The van der Waals surface area contributed by atoms with E-state index >= 15 is 0 Å². The van der Waals surface area contributed by atoms with Gasteiger partial charge in [0, 0.05) is 6.54 Å². The van der Waals surface area contributed by atoms with Crippen LogP contribution in [-0.2, 0) is 11.3 Å². The molecule has 12 heavy (non-hydrogen) atoms. The molecule has 0 bridgehead atoms. The number of nitrogens with two attached hydrogens (primary N) is 1. The third-order valence-corrected chi connectivity index (χ3v) is 1.62. The fraction of sp³-hybridized carbons (Fsp3) is 0.222. The molecule has 3 nitrogen and oxygen atoms in total. The smallest absolute Gasteiger partial charge is 0.240 e. The van der Waals surface area contributed by atoms with Crippen LogP contribution in [0.25, 0.3) is 0 Å². The van der Waals surface area contributed by atoms with Crippen molar-refractivity contribution in [2.24, 2.45) is 10.7 Å². The summed E-state index contributed by atoms with van der Waals surface area (Å²) >= 11 is 0. The van der Waals surface area contributed by atoms with Crippen molar-refractivity contribution < 1.29 is 4.79 Å². The van der Waals surface area contributed by atoms with E-state index < -0.39 is 0 Å². The summed E-state index contributed by atoms with van der Waals surface area (Å²) in [5.41, 5.74) is 8.05. The van der Waals surface area contributed by atoms with Crippen LogP contribution in [0.3, 0.4) is 0 Å². The Bertz CT molecular complexity index is 327. The Balaban J connectivity index is 3.19. The van der Waals surface area contributed by atoms with E-state index in [9.17, 15) is 4.79 Å². The summed E-state index contributed by atoms with van der Waals surface area (Å²) in [7, 11) is 0. The van der Waals surface area contributed by atoms with Gasteiger partial charge in [0.1, 0.15) is 0 Å². The molecule has 0 radical (unpaired) electrons. The predicted octanol–water partition coefficient (Wildman–Crippen LogP) is 1.42. The first kappa shape index (κ1) is 8.65. The number of carbonyl (C=O) groups excluding carboxylic acids is 1. The number of aryl methyl sites for hydroxylation is 1. The zero-order valence-corrected chi connectivity index (χ0v) is 6.87. The second-order valence-electron chi connectivity index (χ2n) is 2.54. The average Bonchev–Trinajstić information content (AvgIpc) is 2.08. The Morgan fingerprint density at radius 2 is 2.33 bits per heavy atom. The van der Waals surface area contributed by atoms with Crippen molar-refractivity contribution in [1.29, 1.82) is 0 Å². The highest BCUT2D eigenvalue weighted by atomic mass is 16.1. The van der Waals surface area contributed by atoms with Gasteiger partial charge in [-0.05, 0) is 18.6 Å². The number of rotatable bonds is 2. The monoisotopic (exact) mass is 162 g/mol. The number of nitrogens with zero attached hydrogens (tertiary/aromatic N) is 1. The van der Waals surface area contributed by atoms with Crippen molar-refractivity contribution in [1.82, 2.24) is 0 Å². The van der Waals surface area contributed by atoms with E-state index in [1.54, 1.807) is 6.07 Å². The molecule has 0 aliphatic heterocycles. The molecule has 0 unspecified atom stereocenters. The van der Waals surface area contributed by atoms with Crippen LogP contribution in [0.5, 0.6) is 0 Å². The zero-order valence-electron chi connectivity index (χ0n) is 6.87. The number of isocyanates is 1. The lowest BCUT2D eigenvalue weighted by molar-refractivity contribution is 0.565. The minimum absolute atomic E-state index is 0.391. The molecular weight excluding hydrogens is 152 g/mol. The Labute approximate surface area is 70.9 Å². The molecule has 0 aromatic heterocycles. The molecule has 3 heteroatoms. The largest absolute Gasteiger partial charge is 0.326 e. The van der Waals surface area contributed by atoms with E-state index in [0.717, 1.165) is 11.1 Å². The standard InChI is InChI=1S/C9H10N2O/c1-7-2-3-9(11-6-12)8(4-7)5-10/h2-4H,5,10H2,1H3. The molecule has 0 saturated carbocycles. The lowest BCUT2D eigenvalue weighted by Crippen LogP contribution is -1.96. The fourth-order valence-electron chi connectivity index (χ4n) is 1.04. The summed E-state index contributed by atoms with van der Waals surface area (Å²) in [6.45, 7) is 2.36. The van der Waals surface area contributed by atoms with E-state index in [4.69, 9.17) is 5.73 Å². The Hall–Kier alpha value is -1.44. The van der Waals surface area contributed by atoms with E-state index in [-0.39, 0.29) is 0 Å². The van der Waals surface area contributed by atoms with Crippen molar-refractivity contribution in [3.63, 3.8) is 0 Å². The van der Waals surface area contributed by atoms with Crippen LogP contribution in [0, 0.1) is 6.92 Å². The summed E-state index contributed by atoms with van der Waals surface area (Å²) in [4.78, 5) is 13.5. The van der Waals surface area contributed by atoms with Gasteiger partial charge in [-0.2, -0.15) is 4.99 Å². The van der Waals surface area contributed by atoms with Crippen LogP contribution < -0.4 is 5.73 Å². The van der Waals surface area contributed by atoms with E-state index in [1.807, 2.05) is 19.1 Å². The Morgan fingerprint density at radius 1 is 1.58 bits per heavy atom. The number of benzene rings is 1. The van der Waals surface area contributed by atoms with Crippen LogP contribution in [0.2, 0.25) is 0 Å². The molecule has 1 aromatic carbocycles. The van der Waals surface area contributed by atoms with E-state index in [0.29, 0.717) is 12.2 Å². The van der Waals surface area contributed by atoms with Gasteiger partial charge >= 0.3 is 0 Å². The van der Waals surface area contributed by atoms with Crippen molar-refractivity contribution in [3.8, 4) is 0 Å². The first-order chi connectivity index (χ1) is 5.77. The molecular formula is C9H10N2O. The lowest BCUT2D eigenvalue weighted by atomic mass is 10.1. The van der Waals surface area contributed by atoms with Crippen molar-refractivity contribution in [3.05, 3.63) is 29.3 Å². The number of hydrogen-bond donors (Lipinski definition) is 1. The maximum Gasteiger partial charge on any atom is 0.240 e. The second kappa shape index (κ2) is 3.81. The van der Waals surface area contributed by atoms with Crippen LogP contribution in [-0.4, -0.2) is 6.08 Å². The Kier molecular flexibility index (Phi) is 2.75. The highest BCUT2D eigenvalue weighted by Crippen LogP contribution is 2.18. The van der Waals surface area contributed by atoms with Gasteiger partial charge in [-0.1, -0.05) is 17.7 Å². The maximum absolute atomic E-state index is 9.99. The number of aliphatic imine (C=N–C) groups is 1. The first-order valence-electron chi connectivity index (χ1n) is 3.65.